The van der Waals surface area contributed by atoms with Crippen LogP contribution < -0.4 is 25.6 Å². The third kappa shape index (κ3) is 5.95. The fourth-order valence-electron chi connectivity index (χ4n) is 2.22. The lowest BCUT2D eigenvalue weighted by atomic mass is 10.2. The van der Waals surface area contributed by atoms with Crippen LogP contribution in [-0.2, 0) is 0 Å². The zero-order valence-corrected chi connectivity index (χ0v) is 16.8. The van der Waals surface area contributed by atoms with Gasteiger partial charge in [-0.25, -0.2) is 0 Å². The number of hydrazine groups is 1. The number of nitrogens with one attached hydrogen (secondary N) is 3. The maximum atomic E-state index is 12.2. The Balaban J connectivity index is 1.87. The highest BCUT2D eigenvalue weighted by Gasteiger charge is 2.13. The molecule has 1 atom stereocenters. The predicted octanol–water partition coefficient (Wildman–Crippen LogP) is 2.82. The van der Waals surface area contributed by atoms with Crippen LogP contribution in [0.4, 0.5) is 0 Å². The van der Waals surface area contributed by atoms with E-state index < -0.39 is 11.8 Å². The molecule has 0 fully saturated rings. The Kier molecular flexibility index (Phi) is 7.76. The summed E-state index contributed by atoms with van der Waals surface area (Å²) in [6.45, 7) is 4.01. The Morgan fingerprint density at radius 3 is 2.36 bits per heavy atom. The van der Waals surface area contributed by atoms with Gasteiger partial charge in [-0.05, 0) is 62.0 Å². The summed E-state index contributed by atoms with van der Waals surface area (Å²) in [5, 5.41) is 2.46. The second-order valence-corrected chi connectivity index (χ2v) is 6.33. The second-order valence-electron chi connectivity index (χ2n) is 5.92. The first-order valence-corrected chi connectivity index (χ1v) is 9.16. The number of carbonyl (C=O) groups is 2. The Labute approximate surface area is 169 Å². The van der Waals surface area contributed by atoms with E-state index in [1.54, 1.807) is 48.5 Å². The molecule has 0 saturated carbocycles. The third-order valence-electron chi connectivity index (χ3n) is 3.90. The van der Waals surface area contributed by atoms with Crippen molar-refractivity contribution in [2.45, 2.75) is 26.4 Å². The lowest BCUT2D eigenvalue weighted by Crippen LogP contribution is -2.48. The number of ether oxygens (including phenoxy) is 2. The van der Waals surface area contributed by atoms with Gasteiger partial charge in [0, 0.05) is 5.56 Å². The van der Waals surface area contributed by atoms with Crippen molar-refractivity contribution in [2.24, 2.45) is 0 Å². The first-order valence-electron chi connectivity index (χ1n) is 8.76. The third-order valence-corrected chi connectivity index (χ3v) is 4.10. The van der Waals surface area contributed by atoms with Crippen molar-refractivity contribution < 1.29 is 19.1 Å². The van der Waals surface area contributed by atoms with E-state index in [9.17, 15) is 9.59 Å². The molecule has 0 aliphatic carbocycles. The zero-order chi connectivity index (χ0) is 20.5. The molecular formula is C20H23N3O4S. The van der Waals surface area contributed by atoms with E-state index in [0.717, 1.165) is 6.42 Å². The molecule has 28 heavy (non-hydrogen) atoms. The zero-order valence-electron chi connectivity index (χ0n) is 15.9. The topological polar surface area (TPSA) is 88.7 Å². The Morgan fingerprint density at radius 2 is 1.71 bits per heavy atom. The van der Waals surface area contributed by atoms with Crippen LogP contribution in [0, 0.1) is 0 Å². The Morgan fingerprint density at radius 1 is 1.04 bits per heavy atom. The highest BCUT2D eigenvalue weighted by Crippen LogP contribution is 2.16. The normalized spacial score (nSPS) is 11.1. The number of methoxy groups -OCH3 is 1. The molecule has 2 aromatic rings. The highest BCUT2D eigenvalue weighted by atomic mass is 32.1. The lowest BCUT2D eigenvalue weighted by molar-refractivity contribution is 0.0932. The van der Waals surface area contributed by atoms with Crippen LogP contribution in [0.15, 0.2) is 48.5 Å². The van der Waals surface area contributed by atoms with E-state index in [1.165, 1.54) is 7.11 Å². The Hall–Kier alpha value is -3.13. The summed E-state index contributed by atoms with van der Waals surface area (Å²) >= 11 is 5.04. The van der Waals surface area contributed by atoms with Gasteiger partial charge in [-0.15, -0.1) is 0 Å². The molecule has 8 heteroatoms. The van der Waals surface area contributed by atoms with Gasteiger partial charge < -0.3 is 9.47 Å². The number of amides is 2. The minimum atomic E-state index is -0.444. The number of rotatable bonds is 6. The summed E-state index contributed by atoms with van der Waals surface area (Å²) in [5.41, 5.74) is 5.67. The number of hydrogen-bond donors (Lipinski definition) is 3. The van der Waals surface area contributed by atoms with Gasteiger partial charge in [0.05, 0.1) is 18.8 Å². The van der Waals surface area contributed by atoms with Gasteiger partial charge in [0.15, 0.2) is 5.11 Å². The van der Waals surface area contributed by atoms with Crippen molar-refractivity contribution in [1.29, 1.82) is 0 Å². The first-order chi connectivity index (χ1) is 13.4. The molecule has 0 aromatic heterocycles. The van der Waals surface area contributed by atoms with E-state index in [1.807, 2.05) is 13.8 Å². The molecule has 0 aliphatic heterocycles. The molecule has 0 bridgehead atoms. The summed E-state index contributed by atoms with van der Waals surface area (Å²) in [6, 6.07) is 13.5. The molecule has 1 unspecified atom stereocenters. The average molecular weight is 401 g/mol. The number of hydrogen-bond acceptors (Lipinski definition) is 5. The monoisotopic (exact) mass is 401 g/mol. The molecule has 2 amide bonds. The number of para-hydroxylation sites is 1. The largest absolute Gasteiger partial charge is 0.496 e. The van der Waals surface area contributed by atoms with E-state index >= 15 is 0 Å². The van der Waals surface area contributed by atoms with Crippen LogP contribution in [-0.4, -0.2) is 30.1 Å². The number of benzene rings is 2. The van der Waals surface area contributed by atoms with Gasteiger partial charge in [-0.2, -0.15) is 0 Å². The van der Waals surface area contributed by atoms with E-state index in [2.05, 4.69) is 16.2 Å². The second kappa shape index (κ2) is 10.3. The van der Waals surface area contributed by atoms with Crippen molar-refractivity contribution in [1.82, 2.24) is 16.2 Å². The van der Waals surface area contributed by atoms with Crippen molar-refractivity contribution in [3.8, 4) is 11.5 Å². The maximum absolute atomic E-state index is 12.2. The highest BCUT2D eigenvalue weighted by molar-refractivity contribution is 7.80. The van der Waals surface area contributed by atoms with Crippen LogP contribution in [0.2, 0.25) is 0 Å². The molecule has 2 aromatic carbocycles. The number of thiocarbonyl (C=S) groups is 1. The fraction of sp³-hybridized carbons (Fsp3) is 0.250. The average Bonchev–Trinajstić information content (AvgIpc) is 2.72. The summed E-state index contributed by atoms with van der Waals surface area (Å²) in [4.78, 5) is 24.4. The molecule has 0 saturated heterocycles. The van der Waals surface area contributed by atoms with E-state index in [0.29, 0.717) is 22.6 Å². The predicted molar refractivity (Wildman–Crippen MR) is 110 cm³/mol. The van der Waals surface area contributed by atoms with Crippen LogP contribution in [0.1, 0.15) is 41.0 Å². The standard InChI is InChI=1S/C20H23N3O4S/c1-4-13(2)27-15-11-9-14(10-12-15)18(24)21-20(28)23-22-19(25)16-7-5-6-8-17(16)26-3/h5-13H,4H2,1-3H3,(H,22,25)(H2,21,23,24,28). The number of carbonyl (C=O) groups excluding carboxylic acids is 2. The van der Waals surface area contributed by atoms with Gasteiger partial charge in [-0.3, -0.25) is 25.8 Å². The van der Waals surface area contributed by atoms with Gasteiger partial charge in [0.25, 0.3) is 11.8 Å². The van der Waals surface area contributed by atoms with Crippen molar-refractivity contribution in [2.75, 3.05) is 7.11 Å². The first kappa shape index (κ1) is 21.2. The molecule has 0 heterocycles. The molecule has 148 valence electrons. The van der Waals surface area contributed by atoms with Crippen molar-refractivity contribution in [3.05, 3.63) is 59.7 Å². The van der Waals surface area contributed by atoms with Crippen LogP contribution in [0.3, 0.4) is 0 Å². The summed E-state index contributed by atoms with van der Waals surface area (Å²) in [5.74, 6) is 0.270. The van der Waals surface area contributed by atoms with Gasteiger partial charge in [0.1, 0.15) is 11.5 Å². The lowest BCUT2D eigenvalue weighted by Gasteiger charge is -2.13. The Bertz CT molecular complexity index is 840. The molecule has 0 radical (unpaired) electrons. The molecule has 2 rings (SSSR count). The maximum Gasteiger partial charge on any atom is 0.273 e. The fourth-order valence-corrected chi connectivity index (χ4v) is 2.36. The van der Waals surface area contributed by atoms with E-state index in [4.69, 9.17) is 21.7 Å². The van der Waals surface area contributed by atoms with Gasteiger partial charge in [-0.1, -0.05) is 19.1 Å². The molecule has 0 spiro atoms. The van der Waals surface area contributed by atoms with Crippen molar-refractivity contribution >= 4 is 29.1 Å². The SMILES string of the molecule is CCC(C)Oc1ccc(C(=O)NC(=S)NNC(=O)c2ccccc2OC)cc1. The minimum absolute atomic E-state index is 0.0341. The molecule has 3 N–H and O–H groups in total. The molecular weight excluding hydrogens is 378 g/mol. The smallest absolute Gasteiger partial charge is 0.273 e. The van der Waals surface area contributed by atoms with Crippen LogP contribution in [0.5, 0.6) is 11.5 Å². The van der Waals surface area contributed by atoms with E-state index in [-0.39, 0.29) is 11.2 Å². The summed E-state index contributed by atoms with van der Waals surface area (Å²) < 4.78 is 10.8. The summed E-state index contributed by atoms with van der Waals surface area (Å²) in [7, 11) is 1.48. The van der Waals surface area contributed by atoms with Gasteiger partial charge in [0.2, 0.25) is 0 Å². The molecule has 7 nitrogen and oxygen atoms in total. The van der Waals surface area contributed by atoms with Crippen LogP contribution in [0.25, 0.3) is 0 Å². The quantitative estimate of drug-likeness (QED) is 0.510. The molecule has 0 aliphatic rings. The minimum Gasteiger partial charge on any atom is -0.496 e. The van der Waals surface area contributed by atoms with Crippen LogP contribution >= 0.6 is 12.2 Å². The van der Waals surface area contributed by atoms with Crippen molar-refractivity contribution in [3.63, 3.8) is 0 Å². The summed E-state index contributed by atoms with van der Waals surface area (Å²) in [6.07, 6.45) is 0.992. The van der Waals surface area contributed by atoms with Gasteiger partial charge >= 0.3 is 0 Å².